The first-order valence-corrected chi connectivity index (χ1v) is 7.39. The van der Waals surface area contributed by atoms with Crippen molar-refractivity contribution < 1.29 is 23.2 Å². The van der Waals surface area contributed by atoms with Gasteiger partial charge in [0.15, 0.2) is 12.4 Å². The highest BCUT2D eigenvalue weighted by molar-refractivity contribution is 5.94. The first-order chi connectivity index (χ1) is 12.1. The third-order valence-corrected chi connectivity index (χ3v) is 3.52. The molecule has 1 heterocycles. The number of aromatic nitrogens is 1. The predicted octanol–water partition coefficient (Wildman–Crippen LogP) is 3.43. The average Bonchev–Trinajstić information content (AvgIpc) is 3.08. The molecule has 0 aliphatic carbocycles. The third-order valence-electron chi connectivity index (χ3n) is 3.52. The number of methoxy groups -OCH3 is 1. The molecule has 3 rings (SSSR count). The molecule has 0 aliphatic heterocycles. The summed E-state index contributed by atoms with van der Waals surface area (Å²) in [4.78, 5) is 12.0. The van der Waals surface area contributed by atoms with E-state index in [0.29, 0.717) is 17.2 Å². The van der Waals surface area contributed by atoms with Crippen LogP contribution in [0.25, 0.3) is 11.3 Å². The number of carbonyl (C=O) groups is 1. The number of nitrogens with two attached hydrogens (primary N) is 1. The van der Waals surface area contributed by atoms with E-state index in [0.717, 1.165) is 17.7 Å². The fourth-order valence-corrected chi connectivity index (χ4v) is 2.30. The minimum Gasteiger partial charge on any atom is -0.496 e. The van der Waals surface area contributed by atoms with Gasteiger partial charge in [0, 0.05) is 17.3 Å². The van der Waals surface area contributed by atoms with E-state index in [-0.39, 0.29) is 17.9 Å². The van der Waals surface area contributed by atoms with Crippen LogP contribution < -0.4 is 10.5 Å². The maximum absolute atomic E-state index is 13.0. The van der Waals surface area contributed by atoms with E-state index < -0.39 is 11.8 Å². The second-order valence-corrected chi connectivity index (χ2v) is 5.19. The van der Waals surface area contributed by atoms with Crippen LogP contribution in [0.1, 0.15) is 16.1 Å². The molecule has 0 saturated carbocycles. The fraction of sp³-hybridized carbons (Fsp3) is 0.111. The van der Waals surface area contributed by atoms with E-state index in [1.807, 2.05) is 18.2 Å². The van der Waals surface area contributed by atoms with Crippen molar-refractivity contribution >= 4 is 11.7 Å². The number of hydrogen-bond donors (Lipinski definition) is 1. The second-order valence-electron chi connectivity index (χ2n) is 5.19. The van der Waals surface area contributed by atoms with E-state index in [4.69, 9.17) is 19.7 Å². The maximum atomic E-state index is 13.0. The van der Waals surface area contributed by atoms with Crippen LogP contribution in [-0.2, 0) is 11.3 Å². The summed E-state index contributed by atoms with van der Waals surface area (Å²) in [7, 11) is 1.56. The lowest BCUT2D eigenvalue weighted by molar-refractivity contribution is 0.0438. The third kappa shape index (κ3) is 3.60. The quantitative estimate of drug-likeness (QED) is 0.564. The minimum atomic E-state index is -0.673. The van der Waals surface area contributed by atoms with Crippen LogP contribution in [0.2, 0.25) is 0 Å². The molecule has 0 unspecified atom stereocenters. The summed E-state index contributed by atoms with van der Waals surface area (Å²) in [6.45, 7) is -0.127. The zero-order valence-electron chi connectivity index (χ0n) is 13.4. The number of ether oxygens (including phenoxy) is 2. The Balaban J connectivity index is 1.70. The maximum Gasteiger partial charge on any atom is 0.340 e. The number of halogens is 1. The van der Waals surface area contributed by atoms with Gasteiger partial charge in [0.2, 0.25) is 0 Å². The Hall–Kier alpha value is -3.35. The lowest BCUT2D eigenvalue weighted by Gasteiger charge is -2.05. The van der Waals surface area contributed by atoms with Gasteiger partial charge in [-0.1, -0.05) is 17.3 Å². The Morgan fingerprint density at radius 2 is 2.04 bits per heavy atom. The molecule has 2 N–H and O–H groups in total. The Morgan fingerprint density at radius 1 is 1.24 bits per heavy atom. The van der Waals surface area contributed by atoms with Gasteiger partial charge in [0.25, 0.3) is 0 Å². The first-order valence-electron chi connectivity index (χ1n) is 7.39. The molecule has 0 spiro atoms. The molecule has 0 saturated heterocycles. The SMILES string of the molecule is COc1ccccc1-c1cc(COC(=O)c2ccc(F)cc2N)on1. The summed E-state index contributed by atoms with van der Waals surface area (Å²) >= 11 is 0. The molecule has 0 fully saturated rings. The molecule has 7 heteroatoms. The number of nitrogen functional groups attached to an aromatic ring is 1. The zero-order valence-corrected chi connectivity index (χ0v) is 13.4. The Bertz CT molecular complexity index is 908. The monoisotopic (exact) mass is 342 g/mol. The van der Waals surface area contributed by atoms with Gasteiger partial charge in [-0.05, 0) is 30.3 Å². The predicted molar refractivity (Wildman–Crippen MR) is 88.4 cm³/mol. The molecule has 0 amide bonds. The largest absolute Gasteiger partial charge is 0.496 e. The minimum absolute atomic E-state index is 0.0114. The van der Waals surface area contributed by atoms with Crippen LogP contribution in [0, 0.1) is 5.82 Å². The Morgan fingerprint density at radius 3 is 2.80 bits per heavy atom. The molecular formula is C18H15FN2O4. The van der Waals surface area contributed by atoms with Crippen LogP contribution >= 0.6 is 0 Å². The number of rotatable bonds is 5. The van der Waals surface area contributed by atoms with Crippen LogP contribution in [0.5, 0.6) is 5.75 Å². The van der Waals surface area contributed by atoms with Crippen molar-refractivity contribution in [2.45, 2.75) is 6.61 Å². The van der Waals surface area contributed by atoms with Gasteiger partial charge in [0.05, 0.1) is 12.7 Å². The van der Waals surface area contributed by atoms with Gasteiger partial charge in [-0.15, -0.1) is 0 Å². The summed E-state index contributed by atoms with van der Waals surface area (Å²) in [6, 6.07) is 12.5. The number of benzene rings is 2. The lowest BCUT2D eigenvalue weighted by Crippen LogP contribution is -2.08. The fourth-order valence-electron chi connectivity index (χ4n) is 2.30. The highest BCUT2D eigenvalue weighted by Crippen LogP contribution is 2.29. The second kappa shape index (κ2) is 7.04. The highest BCUT2D eigenvalue weighted by atomic mass is 19.1. The molecule has 0 aliphatic rings. The van der Waals surface area contributed by atoms with Crippen molar-refractivity contribution in [3.05, 3.63) is 65.7 Å². The van der Waals surface area contributed by atoms with E-state index in [1.165, 1.54) is 6.07 Å². The molecule has 0 atom stereocenters. The van der Waals surface area contributed by atoms with E-state index >= 15 is 0 Å². The van der Waals surface area contributed by atoms with Gasteiger partial charge < -0.3 is 19.7 Å². The molecule has 128 valence electrons. The smallest absolute Gasteiger partial charge is 0.340 e. The summed E-state index contributed by atoms with van der Waals surface area (Å²) in [6.07, 6.45) is 0. The topological polar surface area (TPSA) is 87.6 Å². The summed E-state index contributed by atoms with van der Waals surface area (Å²) < 4.78 is 28.6. The molecule has 1 aromatic heterocycles. The van der Waals surface area contributed by atoms with Gasteiger partial charge in [-0.2, -0.15) is 0 Å². The molecular weight excluding hydrogens is 327 g/mol. The molecule has 0 radical (unpaired) electrons. The van der Waals surface area contributed by atoms with Gasteiger partial charge in [-0.3, -0.25) is 0 Å². The van der Waals surface area contributed by atoms with Gasteiger partial charge in [-0.25, -0.2) is 9.18 Å². The standard InChI is InChI=1S/C18H15FN2O4/c1-23-17-5-3-2-4-14(17)16-9-12(25-21-16)10-24-18(22)13-7-6-11(19)8-15(13)20/h2-9H,10,20H2,1H3. The number of para-hydroxylation sites is 1. The van der Waals surface area contributed by atoms with Crippen molar-refractivity contribution in [2.75, 3.05) is 12.8 Å². The Kier molecular flexibility index (Phi) is 4.65. The molecule has 3 aromatic rings. The number of nitrogens with zero attached hydrogens (tertiary/aromatic N) is 1. The Labute approximate surface area is 142 Å². The number of carbonyl (C=O) groups excluding carboxylic acids is 1. The van der Waals surface area contributed by atoms with Crippen molar-refractivity contribution in [3.63, 3.8) is 0 Å². The van der Waals surface area contributed by atoms with Crippen LogP contribution in [0.4, 0.5) is 10.1 Å². The van der Waals surface area contributed by atoms with Crippen molar-refractivity contribution in [2.24, 2.45) is 0 Å². The number of hydrogen-bond acceptors (Lipinski definition) is 6. The van der Waals surface area contributed by atoms with E-state index in [9.17, 15) is 9.18 Å². The molecule has 6 nitrogen and oxygen atoms in total. The van der Waals surface area contributed by atoms with Crippen LogP contribution in [0.15, 0.2) is 53.1 Å². The molecule has 2 aromatic carbocycles. The van der Waals surface area contributed by atoms with E-state index in [2.05, 4.69) is 5.16 Å². The van der Waals surface area contributed by atoms with E-state index in [1.54, 1.807) is 19.2 Å². The normalized spacial score (nSPS) is 10.5. The number of esters is 1. The van der Waals surface area contributed by atoms with Crippen LogP contribution in [-0.4, -0.2) is 18.2 Å². The summed E-state index contributed by atoms with van der Waals surface area (Å²) in [5.74, 6) is -0.188. The van der Waals surface area contributed by atoms with Crippen molar-refractivity contribution in [3.8, 4) is 17.0 Å². The van der Waals surface area contributed by atoms with Gasteiger partial charge in [0.1, 0.15) is 17.3 Å². The summed E-state index contributed by atoms with van der Waals surface area (Å²) in [5.41, 5.74) is 7.03. The first kappa shape index (κ1) is 16.5. The van der Waals surface area contributed by atoms with Crippen molar-refractivity contribution in [1.82, 2.24) is 5.16 Å². The summed E-state index contributed by atoms with van der Waals surface area (Å²) in [5, 5.41) is 3.95. The highest BCUT2D eigenvalue weighted by Gasteiger charge is 2.15. The lowest BCUT2D eigenvalue weighted by atomic mass is 10.1. The zero-order chi connectivity index (χ0) is 17.8. The average molecular weight is 342 g/mol. The van der Waals surface area contributed by atoms with Crippen molar-refractivity contribution in [1.29, 1.82) is 0 Å². The number of anilines is 1. The molecule has 25 heavy (non-hydrogen) atoms. The van der Waals surface area contributed by atoms with Crippen LogP contribution in [0.3, 0.4) is 0 Å². The van der Waals surface area contributed by atoms with Gasteiger partial charge >= 0.3 is 5.97 Å². The molecule has 0 bridgehead atoms.